The van der Waals surface area contributed by atoms with Gasteiger partial charge in [-0.2, -0.15) is 5.26 Å². The molecular weight excluding hydrogens is 217 g/mol. The molecule has 0 aliphatic carbocycles. The molecule has 0 radical (unpaired) electrons. The molecule has 1 N–H and O–H groups in total. The van der Waals surface area contributed by atoms with Gasteiger partial charge in [0.05, 0.1) is 6.07 Å². The third-order valence-electron chi connectivity index (χ3n) is 2.88. The predicted molar refractivity (Wildman–Crippen MR) is 67.4 cm³/mol. The van der Waals surface area contributed by atoms with Crippen molar-refractivity contribution in [2.45, 2.75) is 19.4 Å². The Labute approximate surface area is 102 Å². The van der Waals surface area contributed by atoms with Crippen LogP contribution in [0.2, 0.25) is 0 Å². The highest BCUT2D eigenvalue weighted by atomic mass is 19.1. The van der Waals surface area contributed by atoms with Crippen molar-refractivity contribution in [1.82, 2.24) is 5.32 Å². The zero-order valence-corrected chi connectivity index (χ0v) is 10.5. The summed E-state index contributed by atoms with van der Waals surface area (Å²) < 4.78 is 12.8. The Morgan fingerprint density at radius 2 is 2.00 bits per heavy atom. The third-order valence-corrected chi connectivity index (χ3v) is 2.88. The van der Waals surface area contributed by atoms with Crippen LogP contribution in [0.15, 0.2) is 24.3 Å². The standard InChI is InChI=1S/C13H18FN3/c1-4-17(10-13(2,9-15)16-3)12-7-5-11(14)6-8-12/h5-8,16H,4,10H2,1-3H3. The molecule has 1 atom stereocenters. The van der Waals surface area contributed by atoms with E-state index in [-0.39, 0.29) is 5.82 Å². The van der Waals surface area contributed by atoms with Gasteiger partial charge in [-0.05, 0) is 45.2 Å². The first-order valence-electron chi connectivity index (χ1n) is 5.65. The average molecular weight is 235 g/mol. The van der Waals surface area contributed by atoms with Crippen LogP contribution in [-0.2, 0) is 0 Å². The Balaban J connectivity index is 2.86. The van der Waals surface area contributed by atoms with Crippen molar-refractivity contribution in [3.05, 3.63) is 30.1 Å². The lowest BCUT2D eigenvalue weighted by molar-refractivity contribution is 0.484. The van der Waals surface area contributed by atoms with Crippen molar-refractivity contribution in [3.63, 3.8) is 0 Å². The van der Waals surface area contributed by atoms with E-state index in [0.29, 0.717) is 6.54 Å². The van der Waals surface area contributed by atoms with Crippen LogP contribution in [0.5, 0.6) is 0 Å². The van der Waals surface area contributed by atoms with E-state index >= 15 is 0 Å². The minimum Gasteiger partial charge on any atom is -0.369 e. The van der Waals surface area contributed by atoms with Gasteiger partial charge in [-0.25, -0.2) is 4.39 Å². The Morgan fingerprint density at radius 1 is 1.41 bits per heavy atom. The Bertz CT molecular complexity index is 396. The molecule has 1 unspecified atom stereocenters. The molecule has 0 amide bonds. The molecule has 0 aromatic heterocycles. The van der Waals surface area contributed by atoms with Crippen LogP contribution in [-0.4, -0.2) is 25.7 Å². The van der Waals surface area contributed by atoms with E-state index in [1.54, 1.807) is 19.2 Å². The zero-order valence-electron chi connectivity index (χ0n) is 10.5. The molecule has 0 saturated heterocycles. The van der Waals surface area contributed by atoms with Crippen LogP contribution in [0.1, 0.15) is 13.8 Å². The van der Waals surface area contributed by atoms with E-state index in [1.807, 2.05) is 18.7 Å². The highest BCUT2D eigenvalue weighted by Gasteiger charge is 2.24. The maximum atomic E-state index is 12.8. The number of rotatable bonds is 5. The van der Waals surface area contributed by atoms with Crippen molar-refractivity contribution in [2.24, 2.45) is 0 Å². The summed E-state index contributed by atoms with van der Waals surface area (Å²) in [6, 6.07) is 8.57. The van der Waals surface area contributed by atoms with Gasteiger partial charge in [-0.3, -0.25) is 0 Å². The van der Waals surface area contributed by atoms with Crippen LogP contribution in [0, 0.1) is 17.1 Å². The third kappa shape index (κ3) is 3.43. The normalized spacial score (nSPS) is 13.8. The average Bonchev–Trinajstić information content (AvgIpc) is 2.37. The summed E-state index contributed by atoms with van der Waals surface area (Å²) in [5.41, 5.74) is 0.315. The summed E-state index contributed by atoms with van der Waals surface area (Å²) in [4.78, 5) is 2.04. The van der Waals surface area contributed by atoms with E-state index in [9.17, 15) is 4.39 Å². The largest absolute Gasteiger partial charge is 0.369 e. The van der Waals surface area contributed by atoms with Crippen LogP contribution in [0.3, 0.4) is 0 Å². The number of likely N-dealkylation sites (N-methyl/N-ethyl adjacent to an activating group) is 2. The fraction of sp³-hybridized carbons (Fsp3) is 0.462. The van der Waals surface area contributed by atoms with Gasteiger partial charge in [-0.15, -0.1) is 0 Å². The number of hydrogen-bond donors (Lipinski definition) is 1. The second-order valence-corrected chi connectivity index (χ2v) is 4.18. The van der Waals surface area contributed by atoms with E-state index < -0.39 is 5.54 Å². The van der Waals surface area contributed by atoms with E-state index in [1.165, 1.54) is 12.1 Å². The molecule has 0 spiro atoms. The lowest BCUT2D eigenvalue weighted by Gasteiger charge is -2.31. The second kappa shape index (κ2) is 5.65. The van der Waals surface area contributed by atoms with Gasteiger partial charge in [0.15, 0.2) is 0 Å². The molecule has 0 bridgehead atoms. The molecular formula is C13H18FN3. The molecule has 0 aliphatic rings. The van der Waals surface area contributed by atoms with Crippen molar-refractivity contribution in [2.75, 3.05) is 25.0 Å². The fourth-order valence-corrected chi connectivity index (χ4v) is 1.59. The first-order valence-corrected chi connectivity index (χ1v) is 5.65. The van der Waals surface area contributed by atoms with Gasteiger partial charge in [-0.1, -0.05) is 0 Å². The molecule has 1 rings (SSSR count). The van der Waals surface area contributed by atoms with Crippen LogP contribution in [0.4, 0.5) is 10.1 Å². The van der Waals surface area contributed by atoms with Crippen molar-refractivity contribution < 1.29 is 4.39 Å². The summed E-state index contributed by atoms with van der Waals surface area (Å²) in [6.45, 7) is 5.18. The number of nitrogens with zero attached hydrogens (tertiary/aromatic N) is 2. The zero-order chi connectivity index (χ0) is 12.9. The molecule has 92 valence electrons. The summed E-state index contributed by atoms with van der Waals surface area (Å²) >= 11 is 0. The monoisotopic (exact) mass is 235 g/mol. The van der Waals surface area contributed by atoms with Crippen molar-refractivity contribution >= 4 is 5.69 Å². The quantitative estimate of drug-likeness (QED) is 0.850. The highest BCUT2D eigenvalue weighted by molar-refractivity contribution is 5.47. The lowest BCUT2D eigenvalue weighted by atomic mass is 10.0. The molecule has 1 aromatic carbocycles. The van der Waals surface area contributed by atoms with Gasteiger partial charge in [0, 0.05) is 18.8 Å². The number of halogens is 1. The van der Waals surface area contributed by atoms with E-state index in [2.05, 4.69) is 11.4 Å². The SMILES string of the molecule is CCN(CC(C)(C#N)NC)c1ccc(F)cc1. The molecule has 3 nitrogen and oxygen atoms in total. The van der Waals surface area contributed by atoms with E-state index in [4.69, 9.17) is 5.26 Å². The van der Waals surface area contributed by atoms with Crippen LogP contribution < -0.4 is 10.2 Å². The van der Waals surface area contributed by atoms with Gasteiger partial charge < -0.3 is 10.2 Å². The number of hydrogen-bond acceptors (Lipinski definition) is 3. The van der Waals surface area contributed by atoms with Gasteiger partial charge >= 0.3 is 0 Å². The number of nitrogens with one attached hydrogen (secondary N) is 1. The van der Waals surface area contributed by atoms with E-state index in [0.717, 1.165) is 12.2 Å². The van der Waals surface area contributed by atoms with Crippen molar-refractivity contribution in [1.29, 1.82) is 5.26 Å². The topological polar surface area (TPSA) is 39.1 Å². The second-order valence-electron chi connectivity index (χ2n) is 4.18. The Kier molecular flexibility index (Phi) is 4.47. The van der Waals surface area contributed by atoms with Gasteiger partial charge in [0.1, 0.15) is 11.4 Å². The first kappa shape index (κ1) is 13.5. The molecule has 0 aliphatic heterocycles. The number of benzene rings is 1. The molecule has 4 heteroatoms. The van der Waals surface area contributed by atoms with Crippen LogP contribution >= 0.6 is 0 Å². The smallest absolute Gasteiger partial charge is 0.123 e. The minimum absolute atomic E-state index is 0.249. The summed E-state index contributed by atoms with van der Waals surface area (Å²) in [7, 11) is 1.77. The number of nitriles is 1. The molecule has 0 heterocycles. The maximum Gasteiger partial charge on any atom is 0.123 e. The maximum absolute atomic E-state index is 12.8. The fourth-order valence-electron chi connectivity index (χ4n) is 1.59. The van der Waals surface area contributed by atoms with Gasteiger partial charge in [0.25, 0.3) is 0 Å². The predicted octanol–water partition coefficient (Wildman–Crippen LogP) is 2.15. The lowest BCUT2D eigenvalue weighted by Crippen LogP contribution is -2.49. The molecule has 0 saturated carbocycles. The Hall–Kier alpha value is -1.60. The minimum atomic E-state index is -0.607. The summed E-state index contributed by atoms with van der Waals surface area (Å²) in [6.07, 6.45) is 0. The van der Waals surface area contributed by atoms with Crippen molar-refractivity contribution in [3.8, 4) is 6.07 Å². The van der Waals surface area contributed by atoms with Crippen LogP contribution in [0.25, 0.3) is 0 Å². The highest BCUT2D eigenvalue weighted by Crippen LogP contribution is 2.17. The number of anilines is 1. The summed E-state index contributed by atoms with van der Waals surface area (Å²) in [5, 5.41) is 12.1. The molecule has 0 fully saturated rings. The molecule has 17 heavy (non-hydrogen) atoms. The summed E-state index contributed by atoms with van der Waals surface area (Å²) in [5.74, 6) is -0.249. The molecule has 1 aromatic rings. The first-order chi connectivity index (χ1) is 8.04. The van der Waals surface area contributed by atoms with Gasteiger partial charge in [0.2, 0.25) is 0 Å². The Morgan fingerprint density at radius 3 is 2.41 bits per heavy atom.